The van der Waals surface area contributed by atoms with Crippen LogP contribution >= 0.6 is 0 Å². The highest BCUT2D eigenvalue weighted by atomic mass is 16.3. The van der Waals surface area contributed by atoms with E-state index in [0.717, 1.165) is 28.6 Å². The molecule has 0 aliphatic heterocycles. The third-order valence-electron chi connectivity index (χ3n) is 4.78. The van der Waals surface area contributed by atoms with Gasteiger partial charge in [0, 0.05) is 36.1 Å². The van der Waals surface area contributed by atoms with E-state index in [0.29, 0.717) is 0 Å². The molecular formula is C23H21N3O. The Hall–Kier alpha value is -3.24. The molecule has 0 spiro atoms. The molecule has 4 heteroatoms. The van der Waals surface area contributed by atoms with E-state index in [1.165, 1.54) is 5.56 Å². The highest BCUT2D eigenvalue weighted by Gasteiger charge is 2.23. The Kier molecular flexibility index (Phi) is 4.81. The number of rotatable bonds is 5. The summed E-state index contributed by atoms with van der Waals surface area (Å²) in [7, 11) is 2.07. The van der Waals surface area contributed by atoms with Crippen LogP contribution in [0.3, 0.4) is 0 Å². The second kappa shape index (κ2) is 7.56. The van der Waals surface area contributed by atoms with Gasteiger partial charge >= 0.3 is 0 Å². The highest BCUT2D eigenvalue weighted by Crippen LogP contribution is 2.36. The molecule has 0 saturated carbocycles. The van der Waals surface area contributed by atoms with Gasteiger partial charge < -0.3 is 5.11 Å². The fourth-order valence-corrected chi connectivity index (χ4v) is 3.52. The fraction of sp³-hybridized carbons (Fsp3) is 0.130. The molecule has 27 heavy (non-hydrogen) atoms. The molecule has 2 heterocycles. The van der Waals surface area contributed by atoms with Crippen molar-refractivity contribution in [3.63, 3.8) is 0 Å². The van der Waals surface area contributed by atoms with Gasteiger partial charge in [-0.05, 0) is 48.5 Å². The molecule has 4 rings (SSSR count). The van der Waals surface area contributed by atoms with Gasteiger partial charge in [0.15, 0.2) is 0 Å². The molecule has 134 valence electrons. The van der Waals surface area contributed by atoms with E-state index in [-0.39, 0.29) is 11.8 Å². The SMILES string of the molecule is CN(Cc1ccccc1)C(c1ccncc1)c1cc2ncccc2cc1O. The van der Waals surface area contributed by atoms with Crippen molar-refractivity contribution in [2.24, 2.45) is 0 Å². The van der Waals surface area contributed by atoms with Gasteiger partial charge in [-0.25, -0.2) is 0 Å². The summed E-state index contributed by atoms with van der Waals surface area (Å²) in [6.07, 6.45) is 5.35. The average Bonchev–Trinajstić information content (AvgIpc) is 2.70. The van der Waals surface area contributed by atoms with E-state index in [1.807, 2.05) is 48.5 Å². The summed E-state index contributed by atoms with van der Waals surface area (Å²) in [6, 6.07) is 21.8. The molecule has 0 amide bonds. The van der Waals surface area contributed by atoms with Crippen LogP contribution in [-0.2, 0) is 6.54 Å². The molecule has 0 aliphatic rings. The maximum atomic E-state index is 10.8. The van der Waals surface area contributed by atoms with Crippen molar-refractivity contribution in [1.29, 1.82) is 0 Å². The van der Waals surface area contributed by atoms with E-state index in [9.17, 15) is 5.11 Å². The second-order valence-electron chi connectivity index (χ2n) is 6.69. The molecule has 0 aliphatic carbocycles. The highest BCUT2D eigenvalue weighted by molar-refractivity contribution is 5.81. The van der Waals surface area contributed by atoms with Crippen LogP contribution in [0.4, 0.5) is 0 Å². The zero-order valence-corrected chi connectivity index (χ0v) is 15.2. The van der Waals surface area contributed by atoms with Crippen LogP contribution in [-0.4, -0.2) is 27.0 Å². The molecule has 4 nitrogen and oxygen atoms in total. The number of fused-ring (bicyclic) bond motifs is 1. The normalized spacial score (nSPS) is 12.4. The minimum Gasteiger partial charge on any atom is -0.508 e. The van der Waals surface area contributed by atoms with E-state index in [2.05, 4.69) is 34.0 Å². The first-order chi connectivity index (χ1) is 13.2. The molecule has 1 unspecified atom stereocenters. The zero-order chi connectivity index (χ0) is 18.6. The Morgan fingerprint density at radius 3 is 2.48 bits per heavy atom. The van der Waals surface area contributed by atoms with Gasteiger partial charge in [0.1, 0.15) is 5.75 Å². The summed E-state index contributed by atoms with van der Waals surface area (Å²) in [5, 5.41) is 11.7. The smallest absolute Gasteiger partial charge is 0.121 e. The minimum absolute atomic E-state index is 0.111. The summed E-state index contributed by atoms with van der Waals surface area (Å²) >= 11 is 0. The molecular weight excluding hydrogens is 334 g/mol. The topological polar surface area (TPSA) is 49.2 Å². The van der Waals surface area contributed by atoms with E-state index in [1.54, 1.807) is 24.7 Å². The number of pyridine rings is 2. The Morgan fingerprint density at radius 1 is 0.926 bits per heavy atom. The van der Waals surface area contributed by atoms with Crippen LogP contribution in [0.15, 0.2) is 85.3 Å². The van der Waals surface area contributed by atoms with Crippen molar-refractivity contribution in [2.75, 3.05) is 7.05 Å². The maximum Gasteiger partial charge on any atom is 0.121 e. The molecule has 0 fully saturated rings. The number of aromatic nitrogens is 2. The predicted octanol–water partition coefficient (Wildman–Crippen LogP) is 4.56. The molecule has 2 aromatic carbocycles. The number of hydrogen-bond acceptors (Lipinski definition) is 4. The summed E-state index contributed by atoms with van der Waals surface area (Å²) in [5.74, 6) is 0.275. The number of hydrogen-bond donors (Lipinski definition) is 1. The lowest BCUT2D eigenvalue weighted by atomic mass is 9.95. The number of phenolic OH excluding ortho intramolecular Hbond substituents is 1. The first kappa shape index (κ1) is 17.2. The number of phenols is 1. The lowest BCUT2D eigenvalue weighted by Crippen LogP contribution is -2.25. The summed E-state index contributed by atoms with van der Waals surface area (Å²) in [4.78, 5) is 10.8. The van der Waals surface area contributed by atoms with E-state index >= 15 is 0 Å². The third-order valence-corrected chi connectivity index (χ3v) is 4.78. The molecule has 0 saturated heterocycles. The first-order valence-electron chi connectivity index (χ1n) is 8.94. The van der Waals surface area contributed by atoms with Crippen LogP contribution < -0.4 is 0 Å². The molecule has 2 aromatic heterocycles. The van der Waals surface area contributed by atoms with Crippen LogP contribution in [0.1, 0.15) is 22.7 Å². The molecule has 0 radical (unpaired) electrons. The van der Waals surface area contributed by atoms with Gasteiger partial charge in [-0.15, -0.1) is 0 Å². The standard InChI is InChI=1S/C23H21N3O/c1-26(16-17-6-3-2-4-7-17)23(18-9-12-24-13-10-18)20-15-21-19(14-22(20)27)8-5-11-25-21/h2-15,23,27H,16H2,1H3. The lowest BCUT2D eigenvalue weighted by Gasteiger charge is -2.29. The number of aromatic hydroxyl groups is 1. The second-order valence-corrected chi connectivity index (χ2v) is 6.69. The summed E-state index contributed by atoms with van der Waals surface area (Å²) < 4.78 is 0. The zero-order valence-electron chi connectivity index (χ0n) is 15.2. The number of benzene rings is 2. The van der Waals surface area contributed by atoms with E-state index in [4.69, 9.17) is 0 Å². The molecule has 0 bridgehead atoms. The Balaban J connectivity index is 1.80. The van der Waals surface area contributed by atoms with Crippen molar-refractivity contribution < 1.29 is 5.11 Å². The van der Waals surface area contributed by atoms with Crippen molar-refractivity contribution in [1.82, 2.24) is 14.9 Å². The quantitative estimate of drug-likeness (QED) is 0.570. The van der Waals surface area contributed by atoms with Crippen LogP contribution in [0.5, 0.6) is 5.75 Å². The summed E-state index contributed by atoms with van der Waals surface area (Å²) in [5.41, 5.74) is 4.01. The van der Waals surface area contributed by atoms with Crippen molar-refractivity contribution in [3.05, 3.63) is 102 Å². The fourth-order valence-electron chi connectivity index (χ4n) is 3.52. The van der Waals surface area contributed by atoms with Gasteiger partial charge in [-0.3, -0.25) is 14.9 Å². The monoisotopic (exact) mass is 355 g/mol. The first-order valence-corrected chi connectivity index (χ1v) is 8.94. The Morgan fingerprint density at radius 2 is 1.70 bits per heavy atom. The van der Waals surface area contributed by atoms with Gasteiger partial charge in [0.25, 0.3) is 0 Å². The largest absolute Gasteiger partial charge is 0.508 e. The lowest BCUT2D eigenvalue weighted by molar-refractivity contribution is 0.265. The summed E-state index contributed by atoms with van der Waals surface area (Å²) in [6.45, 7) is 0.757. The molecule has 4 aromatic rings. The molecule has 1 N–H and O–H groups in total. The van der Waals surface area contributed by atoms with Gasteiger partial charge in [-0.1, -0.05) is 36.4 Å². The third kappa shape index (κ3) is 3.66. The van der Waals surface area contributed by atoms with Gasteiger partial charge in [0.2, 0.25) is 0 Å². The maximum absolute atomic E-state index is 10.8. The van der Waals surface area contributed by atoms with Crippen molar-refractivity contribution >= 4 is 10.9 Å². The van der Waals surface area contributed by atoms with Crippen molar-refractivity contribution in [2.45, 2.75) is 12.6 Å². The predicted molar refractivity (Wildman–Crippen MR) is 107 cm³/mol. The van der Waals surface area contributed by atoms with Gasteiger partial charge in [-0.2, -0.15) is 0 Å². The Labute approximate surface area is 158 Å². The minimum atomic E-state index is -0.111. The average molecular weight is 355 g/mol. The molecule has 1 atom stereocenters. The van der Waals surface area contributed by atoms with E-state index < -0.39 is 0 Å². The van der Waals surface area contributed by atoms with Crippen LogP contribution in [0.25, 0.3) is 10.9 Å². The van der Waals surface area contributed by atoms with Gasteiger partial charge in [0.05, 0.1) is 11.6 Å². The number of nitrogens with zero attached hydrogens (tertiary/aromatic N) is 3. The van der Waals surface area contributed by atoms with Crippen LogP contribution in [0, 0.1) is 0 Å². The Bertz CT molecular complexity index is 1040. The van der Waals surface area contributed by atoms with Crippen molar-refractivity contribution in [3.8, 4) is 5.75 Å². The van der Waals surface area contributed by atoms with Crippen LogP contribution in [0.2, 0.25) is 0 Å².